The van der Waals surface area contributed by atoms with E-state index in [9.17, 15) is 0 Å². The third-order valence-corrected chi connectivity index (χ3v) is 4.45. The van der Waals surface area contributed by atoms with Gasteiger partial charge < -0.3 is 4.42 Å². The Morgan fingerprint density at radius 2 is 1.73 bits per heavy atom. The summed E-state index contributed by atoms with van der Waals surface area (Å²) in [5.41, 5.74) is 3.36. The van der Waals surface area contributed by atoms with Crippen molar-refractivity contribution < 1.29 is 4.42 Å². The van der Waals surface area contributed by atoms with Crippen LogP contribution in [0.3, 0.4) is 0 Å². The Labute approximate surface area is 152 Å². The molecule has 0 unspecified atom stereocenters. The van der Waals surface area contributed by atoms with Crippen LogP contribution in [0.25, 0.3) is 5.69 Å². The monoisotopic (exact) mass is 344 g/mol. The van der Waals surface area contributed by atoms with Gasteiger partial charge in [-0.2, -0.15) is 5.10 Å². The quantitative estimate of drug-likeness (QED) is 0.566. The second-order valence-electron chi connectivity index (χ2n) is 6.18. The number of nitrogens with zero attached hydrogens (tertiary/aromatic N) is 3. The number of hydrogen-bond acceptors (Lipinski definition) is 4. The summed E-state index contributed by atoms with van der Waals surface area (Å²) in [6.45, 7) is 2.16. The highest BCUT2D eigenvalue weighted by molar-refractivity contribution is 5.35. The molecule has 0 fully saturated rings. The molecule has 26 heavy (non-hydrogen) atoms. The SMILES string of the molecule is C[C@H](N[C@H](c1ccccc1)c1ccco1)c1ccc(-n2cncn2)cc1. The standard InChI is InChI=1S/C21H20N4O/c1-16(17-9-11-19(12-10-17)25-15-22-14-23-25)24-21(20-8-5-13-26-20)18-6-3-2-4-7-18/h2-16,21,24H,1H3/t16-,21+/m0/s1. The predicted octanol–water partition coefficient (Wildman–Crippen LogP) is 4.30. The molecule has 2 aromatic carbocycles. The van der Waals surface area contributed by atoms with Gasteiger partial charge in [0.2, 0.25) is 0 Å². The first-order chi connectivity index (χ1) is 12.8. The highest BCUT2D eigenvalue weighted by Gasteiger charge is 2.19. The van der Waals surface area contributed by atoms with E-state index in [-0.39, 0.29) is 12.1 Å². The third kappa shape index (κ3) is 3.43. The molecular weight excluding hydrogens is 324 g/mol. The molecular formula is C21H20N4O. The molecule has 0 radical (unpaired) electrons. The summed E-state index contributed by atoms with van der Waals surface area (Å²) in [4.78, 5) is 3.99. The first-order valence-electron chi connectivity index (χ1n) is 8.60. The number of rotatable bonds is 6. The van der Waals surface area contributed by atoms with Crippen molar-refractivity contribution in [2.24, 2.45) is 0 Å². The number of benzene rings is 2. The van der Waals surface area contributed by atoms with Crippen LogP contribution in [0.4, 0.5) is 0 Å². The van der Waals surface area contributed by atoms with Crippen molar-refractivity contribution in [1.82, 2.24) is 20.1 Å². The minimum atomic E-state index is -0.00353. The predicted molar refractivity (Wildman–Crippen MR) is 99.9 cm³/mol. The average molecular weight is 344 g/mol. The molecule has 0 spiro atoms. The number of hydrogen-bond donors (Lipinski definition) is 1. The van der Waals surface area contributed by atoms with Gasteiger partial charge in [-0.25, -0.2) is 9.67 Å². The summed E-state index contributed by atoms with van der Waals surface area (Å²) in [7, 11) is 0. The maximum absolute atomic E-state index is 5.67. The van der Waals surface area contributed by atoms with E-state index in [2.05, 4.69) is 46.6 Å². The summed E-state index contributed by atoms with van der Waals surface area (Å²) in [6.07, 6.45) is 4.94. The molecule has 1 N–H and O–H groups in total. The van der Waals surface area contributed by atoms with Gasteiger partial charge >= 0.3 is 0 Å². The van der Waals surface area contributed by atoms with Gasteiger partial charge in [0.15, 0.2) is 0 Å². The molecule has 4 rings (SSSR count). The second kappa shape index (κ2) is 7.37. The molecule has 0 amide bonds. The van der Waals surface area contributed by atoms with Gasteiger partial charge in [-0.05, 0) is 42.3 Å². The summed E-state index contributed by atoms with van der Waals surface area (Å²) in [5.74, 6) is 0.905. The normalized spacial score (nSPS) is 13.4. The molecule has 0 saturated heterocycles. The van der Waals surface area contributed by atoms with Crippen LogP contribution in [0.1, 0.15) is 35.9 Å². The van der Waals surface area contributed by atoms with Crippen LogP contribution >= 0.6 is 0 Å². The van der Waals surface area contributed by atoms with Crippen molar-refractivity contribution in [3.8, 4) is 5.69 Å². The van der Waals surface area contributed by atoms with E-state index in [1.807, 2.05) is 42.5 Å². The van der Waals surface area contributed by atoms with Gasteiger partial charge in [0.25, 0.3) is 0 Å². The first-order valence-corrected chi connectivity index (χ1v) is 8.60. The summed E-state index contributed by atoms with van der Waals surface area (Å²) >= 11 is 0. The van der Waals surface area contributed by atoms with Gasteiger partial charge in [0, 0.05) is 6.04 Å². The lowest BCUT2D eigenvalue weighted by Crippen LogP contribution is -2.25. The zero-order valence-electron chi connectivity index (χ0n) is 14.5. The van der Waals surface area contributed by atoms with Gasteiger partial charge in [0.1, 0.15) is 18.4 Å². The molecule has 0 aliphatic heterocycles. The topological polar surface area (TPSA) is 55.9 Å². The van der Waals surface area contributed by atoms with E-state index in [0.29, 0.717) is 0 Å². The second-order valence-corrected chi connectivity index (χ2v) is 6.18. The van der Waals surface area contributed by atoms with Crippen LogP contribution in [-0.2, 0) is 0 Å². The zero-order valence-corrected chi connectivity index (χ0v) is 14.5. The lowest BCUT2D eigenvalue weighted by atomic mass is 10.0. The Morgan fingerprint density at radius 3 is 2.38 bits per heavy atom. The molecule has 0 bridgehead atoms. The van der Waals surface area contributed by atoms with Crippen molar-refractivity contribution in [2.75, 3.05) is 0 Å². The Balaban J connectivity index is 1.56. The zero-order chi connectivity index (χ0) is 17.8. The van der Waals surface area contributed by atoms with E-state index in [1.54, 1.807) is 17.3 Å². The van der Waals surface area contributed by atoms with Gasteiger partial charge in [0.05, 0.1) is 18.0 Å². The molecule has 130 valence electrons. The van der Waals surface area contributed by atoms with E-state index in [1.165, 1.54) is 17.5 Å². The van der Waals surface area contributed by atoms with Crippen LogP contribution in [0, 0.1) is 0 Å². The lowest BCUT2D eigenvalue weighted by Gasteiger charge is -2.23. The van der Waals surface area contributed by atoms with Crippen LogP contribution < -0.4 is 5.32 Å². The molecule has 0 aliphatic carbocycles. The highest BCUT2D eigenvalue weighted by atomic mass is 16.3. The van der Waals surface area contributed by atoms with Crippen molar-refractivity contribution in [1.29, 1.82) is 0 Å². The molecule has 0 saturated carbocycles. The van der Waals surface area contributed by atoms with Crippen molar-refractivity contribution >= 4 is 0 Å². The smallest absolute Gasteiger partial charge is 0.138 e. The molecule has 2 atom stereocenters. The molecule has 5 heteroatoms. The minimum absolute atomic E-state index is 0.00353. The Morgan fingerprint density at radius 1 is 0.923 bits per heavy atom. The van der Waals surface area contributed by atoms with Gasteiger partial charge in [-0.1, -0.05) is 42.5 Å². The van der Waals surface area contributed by atoms with Crippen molar-refractivity contribution in [3.05, 3.63) is 103 Å². The van der Waals surface area contributed by atoms with E-state index < -0.39 is 0 Å². The number of nitrogens with one attached hydrogen (secondary N) is 1. The lowest BCUT2D eigenvalue weighted by molar-refractivity contribution is 0.419. The maximum atomic E-state index is 5.67. The number of furan rings is 1. The Kier molecular flexibility index (Phi) is 4.62. The molecule has 4 aromatic rings. The highest BCUT2D eigenvalue weighted by Crippen LogP contribution is 2.26. The van der Waals surface area contributed by atoms with Crippen molar-refractivity contribution in [2.45, 2.75) is 19.0 Å². The van der Waals surface area contributed by atoms with Crippen molar-refractivity contribution in [3.63, 3.8) is 0 Å². The van der Waals surface area contributed by atoms with E-state index in [4.69, 9.17) is 4.42 Å². The Bertz CT molecular complexity index is 916. The van der Waals surface area contributed by atoms with Crippen LogP contribution in [0.5, 0.6) is 0 Å². The number of aromatic nitrogens is 3. The van der Waals surface area contributed by atoms with Gasteiger partial charge in [-0.15, -0.1) is 0 Å². The van der Waals surface area contributed by atoms with Crippen LogP contribution in [0.2, 0.25) is 0 Å². The fourth-order valence-electron chi connectivity index (χ4n) is 3.05. The summed E-state index contributed by atoms with van der Waals surface area (Å²) < 4.78 is 7.42. The first kappa shape index (κ1) is 16.3. The van der Waals surface area contributed by atoms with Gasteiger partial charge in [-0.3, -0.25) is 5.32 Å². The third-order valence-electron chi connectivity index (χ3n) is 4.45. The molecule has 2 heterocycles. The fraction of sp³-hybridized carbons (Fsp3) is 0.143. The molecule has 5 nitrogen and oxygen atoms in total. The minimum Gasteiger partial charge on any atom is -0.467 e. The fourth-order valence-corrected chi connectivity index (χ4v) is 3.05. The van der Waals surface area contributed by atoms with E-state index in [0.717, 1.165) is 11.4 Å². The van der Waals surface area contributed by atoms with Crippen LogP contribution in [-0.4, -0.2) is 14.8 Å². The van der Waals surface area contributed by atoms with E-state index >= 15 is 0 Å². The average Bonchev–Trinajstić information content (AvgIpc) is 3.41. The largest absolute Gasteiger partial charge is 0.467 e. The summed E-state index contributed by atoms with van der Waals surface area (Å²) in [5, 5.41) is 7.84. The van der Waals surface area contributed by atoms with Crippen LogP contribution in [0.15, 0.2) is 90.1 Å². The molecule has 2 aromatic heterocycles. The molecule has 0 aliphatic rings. The summed E-state index contributed by atoms with van der Waals surface area (Å²) in [6, 6.07) is 22.7. The maximum Gasteiger partial charge on any atom is 0.138 e. The Hall–Kier alpha value is -3.18.